The van der Waals surface area contributed by atoms with Crippen molar-refractivity contribution < 1.29 is 9.90 Å². The Morgan fingerprint density at radius 2 is 1.83 bits per heavy atom. The van der Waals surface area contributed by atoms with Crippen LogP contribution in [0, 0.1) is 5.92 Å². The van der Waals surface area contributed by atoms with Crippen LogP contribution in [-0.2, 0) is 4.79 Å². The van der Waals surface area contributed by atoms with Gasteiger partial charge in [0, 0.05) is 6.04 Å². The lowest BCUT2D eigenvalue weighted by molar-refractivity contribution is -0.140. The molecule has 0 radical (unpaired) electrons. The van der Waals surface area contributed by atoms with Crippen molar-refractivity contribution >= 4 is 5.97 Å². The Kier molecular flexibility index (Phi) is 4.90. The Hall–Kier alpha value is -0.570. The predicted molar refractivity (Wildman–Crippen MR) is 49.2 cm³/mol. The van der Waals surface area contributed by atoms with Crippen LogP contribution in [0.2, 0.25) is 0 Å². The van der Waals surface area contributed by atoms with Crippen molar-refractivity contribution in [3.63, 3.8) is 0 Å². The van der Waals surface area contributed by atoms with Gasteiger partial charge in [-0.05, 0) is 12.3 Å². The third-order valence-corrected chi connectivity index (χ3v) is 1.54. The van der Waals surface area contributed by atoms with E-state index >= 15 is 0 Å². The normalized spacial score (nSPS) is 13.8. The number of carboxylic acid groups (broad SMARTS) is 1. The second kappa shape index (κ2) is 5.14. The lowest BCUT2D eigenvalue weighted by Crippen LogP contribution is -2.41. The average molecular weight is 173 g/mol. The molecule has 0 aromatic carbocycles. The van der Waals surface area contributed by atoms with Crippen LogP contribution in [0.3, 0.4) is 0 Å². The number of aliphatic carboxylic acids is 1. The predicted octanol–water partition coefficient (Wildman–Crippen LogP) is 1.48. The minimum absolute atomic E-state index is 0.227. The molecule has 3 nitrogen and oxygen atoms in total. The smallest absolute Gasteiger partial charge is 0.320 e. The van der Waals surface area contributed by atoms with Crippen LogP contribution in [0.1, 0.15) is 34.1 Å². The van der Waals surface area contributed by atoms with Gasteiger partial charge in [0.15, 0.2) is 0 Å². The third-order valence-electron chi connectivity index (χ3n) is 1.54. The zero-order chi connectivity index (χ0) is 9.72. The third kappa shape index (κ3) is 5.13. The van der Waals surface area contributed by atoms with Gasteiger partial charge < -0.3 is 10.4 Å². The maximum absolute atomic E-state index is 10.7. The highest BCUT2D eigenvalue weighted by atomic mass is 16.4. The molecular formula is C9H19NO2. The number of hydrogen-bond acceptors (Lipinski definition) is 2. The van der Waals surface area contributed by atoms with Crippen LogP contribution in [0.5, 0.6) is 0 Å². The van der Waals surface area contributed by atoms with Gasteiger partial charge in [0.05, 0.1) is 0 Å². The molecular weight excluding hydrogens is 154 g/mol. The molecule has 0 aliphatic rings. The molecule has 1 atom stereocenters. The number of rotatable bonds is 5. The summed E-state index contributed by atoms with van der Waals surface area (Å²) in [7, 11) is 0. The highest BCUT2D eigenvalue weighted by molar-refractivity contribution is 5.73. The summed E-state index contributed by atoms with van der Waals surface area (Å²) in [6, 6.07) is -0.171. The van der Waals surface area contributed by atoms with Gasteiger partial charge in [0.2, 0.25) is 0 Å². The standard InChI is InChI=1S/C9H19NO2/c1-6(2)5-8(9(11)12)10-7(3)4/h6-8,10H,5H2,1-4H3,(H,11,12). The van der Waals surface area contributed by atoms with E-state index in [-0.39, 0.29) is 6.04 Å². The van der Waals surface area contributed by atoms with Gasteiger partial charge >= 0.3 is 5.97 Å². The summed E-state index contributed by atoms with van der Waals surface area (Å²) in [5.41, 5.74) is 0. The van der Waals surface area contributed by atoms with Gasteiger partial charge in [-0.3, -0.25) is 4.79 Å². The van der Waals surface area contributed by atoms with E-state index in [9.17, 15) is 4.79 Å². The van der Waals surface area contributed by atoms with E-state index in [1.807, 2.05) is 27.7 Å². The molecule has 3 heteroatoms. The number of hydrogen-bond donors (Lipinski definition) is 2. The van der Waals surface area contributed by atoms with Crippen molar-refractivity contribution in [2.75, 3.05) is 0 Å². The first kappa shape index (κ1) is 11.4. The SMILES string of the molecule is CC(C)CC(NC(C)C)C(=O)O. The first-order valence-electron chi connectivity index (χ1n) is 4.42. The fourth-order valence-corrected chi connectivity index (χ4v) is 1.11. The van der Waals surface area contributed by atoms with Crippen molar-refractivity contribution in [3.05, 3.63) is 0 Å². The molecule has 0 amide bonds. The minimum atomic E-state index is -0.752. The van der Waals surface area contributed by atoms with Gasteiger partial charge in [0.1, 0.15) is 6.04 Å². The Morgan fingerprint density at radius 3 is 2.08 bits per heavy atom. The molecule has 0 saturated heterocycles. The van der Waals surface area contributed by atoms with E-state index in [0.717, 1.165) is 0 Å². The molecule has 0 aromatic heterocycles. The zero-order valence-electron chi connectivity index (χ0n) is 8.29. The molecule has 0 aliphatic carbocycles. The van der Waals surface area contributed by atoms with Gasteiger partial charge in [-0.15, -0.1) is 0 Å². The molecule has 0 fully saturated rings. The quantitative estimate of drug-likeness (QED) is 0.662. The van der Waals surface area contributed by atoms with Gasteiger partial charge in [-0.2, -0.15) is 0 Å². The van der Waals surface area contributed by atoms with E-state index < -0.39 is 12.0 Å². The van der Waals surface area contributed by atoms with Crippen LogP contribution in [0.15, 0.2) is 0 Å². The molecule has 0 bridgehead atoms. The maximum Gasteiger partial charge on any atom is 0.320 e. The first-order valence-corrected chi connectivity index (χ1v) is 4.42. The molecule has 2 N–H and O–H groups in total. The van der Waals surface area contributed by atoms with Crippen molar-refractivity contribution in [3.8, 4) is 0 Å². The second-order valence-corrected chi connectivity index (χ2v) is 3.84. The number of nitrogens with one attached hydrogen (secondary N) is 1. The molecule has 72 valence electrons. The first-order chi connectivity index (χ1) is 5.43. The molecule has 0 rings (SSSR count). The molecule has 0 spiro atoms. The Balaban J connectivity index is 3.96. The molecule has 0 heterocycles. The highest BCUT2D eigenvalue weighted by Gasteiger charge is 2.18. The average Bonchev–Trinajstić information content (AvgIpc) is 1.83. The van der Waals surface area contributed by atoms with E-state index in [2.05, 4.69) is 5.32 Å². The molecule has 1 unspecified atom stereocenters. The fraction of sp³-hybridized carbons (Fsp3) is 0.889. The summed E-state index contributed by atoms with van der Waals surface area (Å²) in [6.07, 6.45) is 0.688. The summed E-state index contributed by atoms with van der Waals surface area (Å²) < 4.78 is 0. The van der Waals surface area contributed by atoms with Gasteiger partial charge in [-0.1, -0.05) is 27.7 Å². The monoisotopic (exact) mass is 173 g/mol. The topological polar surface area (TPSA) is 49.3 Å². The summed E-state index contributed by atoms with van der Waals surface area (Å²) in [5.74, 6) is -0.338. The largest absolute Gasteiger partial charge is 0.480 e. The summed E-state index contributed by atoms with van der Waals surface area (Å²) in [5, 5.41) is 11.8. The van der Waals surface area contributed by atoms with Crippen LogP contribution in [0.4, 0.5) is 0 Å². The van der Waals surface area contributed by atoms with Crippen molar-refractivity contribution in [2.45, 2.75) is 46.2 Å². The molecule has 0 aromatic rings. The van der Waals surface area contributed by atoms with Crippen molar-refractivity contribution in [1.82, 2.24) is 5.32 Å². The lowest BCUT2D eigenvalue weighted by Gasteiger charge is -2.18. The van der Waals surface area contributed by atoms with E-state index in [1.165, 1.54) is 0 Å². The van der Waals surface area contributed by atoms with Crippen LogP contribution in [0.25, 0.3) is 0 Å². The van der Waals surface area contributed by atoms with Gasteiger partial charge in [0.25, 0.3) is 0 Å². The number of carbonyl (C=O) groups is 1. The van der Waals surface area contributed by atoms with Crippen molar-refractivity contribution in [1.29, 1.82) is 0 Å². The zero-order valence-corrected chi connectivity index (χ0v) is 8.29. The summed E-state index contributed by atoms with van der Waals surface area (Å²) in [4.78, 5) is 10.7. The van der Waals surface area contributed by atoms with E-state index in [4.69, 9.17) is 5.11 Å². The molecule has 0 saturated carbocycles. The van der Waals surface area contributed by atoms with Crippen molar-refractivity contribution in [2.24, 2.45) is 5.92 Å². The summed E-state index contributed by atoms with van der Waals surface area (Å²) >= 11 is 0. The lowest BCUT2D eigenvalue weighted by atomic mass is 10.0. The van der Waals surface area contributed by atoms with Gasteiger partial charge in [-0.25, -0.2) is 0 Å². The number of carboxylic acids is 1. The second-order valence-electron chi connectivity index (χ2n) is 3.84. The van der Waals surface area contributed by atoms with E-state index in [0.29, 0.717) is 12.3 Å². The minimum Gasteiger partial charge on any atom is -0.480 e. The molecule has 0 aliphatic heterocycles. The van der Waals surface area contributed by atoms with Crippen LogP contribution in [-0.4, -0.2) is 23.2 Å². The fourth-order valence-electron chi connectivity index (χ4n) is 1.11. The van der Waals surface area contributed by atoms with Crippen LogP contribution < -0.4 is 5.32 Å². The Labute approximate surface area is 74.2 Å². The Morgan fingerprint density at radius 1 is 1.33 bits per heavy atom. The van der Waals surface area contributed by atoms with Crippen LogP contribution >= 0.6 is 0 Å². The summed E-state index contributed by atoms with van der Waals surface area (Å²) in [6.45, 7) is 7.96. The highest BCUT2D eigenvalue weighted by Crippen LogP contribution is 2.05. The van der Waals surface area contributed by atoms with E-state index in [1.54, 1.807) is 0 Å². The Bertz CT molecular complexity index is 133. The maximum atomic E-state index is 10.7. The molecule has 12 heavy (non-hydrogen) atoms.